The number of benzene rings is 2. The van der Waals surface area contributed by atoms with E-state index < -0.39 is 12.1 Å². The lowest BCUT2D eigenvalue weighted by atomic mass is 9.73. The molecule has 0 spiro atoms. The number of pyridine rings is 1. The smallest absolute Gasteiger partial charge is 0.228 e. The first-order chi connectivity index (χ1) is 14.6. The molecule has 3 aromatic rings. The molecule has 0 radical (unpaired) electrons. The van der Waals surface area contributed by atoms with E-state index in [0.717, 1.165) is 22.3 Å². The highest BCUT2D eigenvalue weighted by Crippen LogP contribution is 2.44. The molecule has 2 aromatic carbocycles. The molecule has 1 fully saturated rings. The van der Waals surface area contributed by atoms with Crippen molar-refractivity contribution in [2.75, 3.05) is 6.61 Å². The van der Waals surface area contributed by atoms with Crippen LogP contribution in [0.3, 0.4) is 0 Å². The minimum absolute atomic E-state index is 0.162. The average molecular weight is 397 g/mol. The maximum Gasteiger partial charge on any atom is 0.228 e. The predicted octanol–water partition coefficient (Wildman–Crippen LogP) is 3.48. The quantitative estimate of drug-likeness (QED) is 0.715. The fourth-order valence-electron chi connectivity index (χ4n) is 4.28. The summed E-state index contributed by atoms with van der Waals surface area (Å²) in [4.78, 5) is 18.5. The van der Waals surface area contributed by atoms with Gasteiger partial charge in [-0.05, 0) is 35.2 Å². The number of rotatable bonds is 5. The highest BCUT2D eigenvalue weighted by Gasteiger charge is 2.52. The maximum atomic E-state index is 12.9. The normalized spacial score (nSPS) is 20.3. The Kier molecular flexibility index (Phi) is 5.60. The van der Waals surface area contributed by atoms with Crippen LogP contribution in [0.25, 0.3) is 11.1 Å². The Morgan fingerprint density at radius 3 is 2.57 bits per heavy atom. The molecule has 1 aromatic heterocycles. The number of aryl methyl sites for hydroxylation is 1. The number of hydrogen-bond acceptors (Lipinski definition) is 4. The van der Waals surface area contributed by atoms with Crippen LogP contribution in [0, 0.1) is 18.3 Å². The molecule has 2 heterocycles. The van der Waals surface area contributed by atoms with Crippen molar-refractivity contribution >= 4 is 5.91 Å². The van der Waals surface area contributed by atoms with Gasteiger partial charge < -0.3 is 10.0 Å². The molecule has 1 aliphatic heterocycles. The Labute approximate surface area is 176 Å². The summed E-state index contributed by atoms with van der Waals surface area (Å²) in [5, 5.41) is 20.0. The minimum atomic E-state index is -0.613. The number of carbonyl (C=O) groups excluding carboxylic acids is 1. The third-order valence-corrected chi connectivity index (χ3v) is 5.78. The van der Waals surface area contributed by atoms with Crippen molar-refractivity contribution in [2.45, 2.75) is 31.3 Å². The maximum absolute atomic E-state index is 12.9. The van der Waals surface area contributed by atoms with Crippen molar-refractivity contribution in [2.24, 2.45) is 0 Å². The molecule has 30 heavy (non-hydrogen) atoms. The van der Waals surface area contributed by atoms with E-state index in [-0.39, 0.29) is 24.9 Å². The van der Waals surface area contributed by atoms with Gasteiger partial charge in [-0.2, -0.15) is 5.26 Å². The van der Waals surface area contributed by atoms with Gasteiger partial charge in [0.2, 0.25) is 5.91 Å². The van der Waals surface area contributed by atoms with Crippen LogP contribution < -0.4 is 0 Å². The molecule has 0 saturated carbocycles. The lowest BCUT2D eigenvalue weighted by Gasteiger charge is -2.52. The summed E-state index contributed by atoms with van der Waals surface area (Å²) in [6, 6.07) is 21.1. The van der Waals surface area contributed by atoms with Crippen LogP contribution in [0.2, 0.25) is 0 Å². The molecule has 1 saturated heterocycles. The molecule has 0 aliphatic carbocycles. The van der Waals surface area contributed by atoms with Gasteiger partial charge in [-0.3, -0.25) is 9.78 Å². The first-order valence-electron chi connectivity index (χ1n) is 10.0. The van der Waals surface area contributed by atoms with Gasteiger partial charge in [0, 0.05) is 18.3 Å². The van der Waals surface area contributed by atoms with Crippen LogP contribution in [-0.4, -0.2) is 39.6 Å². The summed E-state index contributed by atoms with van der Waals surface area (Å²) in [5.74, 6) is -0.409. The molecule has 5 nitrogen and oxygen atoms in total. The molecule has 1 N–H and O–H groups in total. The second-order valence-corrected chi connectivity index (χ2v) is 7.64. The number of carbonyl (C=O) groups is 1. The second kappa shape index (κ2) is 8.48. The number of amides is 1. The fraction of sp³-hybridized carbons (Fsp3) is 0.240. The molecule has 0 unspecified atom stereocenters. The van der Waals surface area contributed by atoms with Gasteiger partial charge in [-0.1, -0.05) is 60.2 Å². The Hall–Kier alpha value is -3.49. The second-order valence-electron chi connectivity index (χ2n) is 7.64. The topological polar surface area (TPSA) is 77.2 Å². The van der Waals surface area contributed by atoms with Crippen molar-refractivity contribution in [3.05, 3.63) is 89.7 Å². The highest BCUT2D eigenvalue weighted by molar-refractivity contribution is 5.82. The molecule has 1 aliphatic rings. The van der Waals surface area contributed by atoms with Gasteiger partial charge >= 0.3 is 0 Å². The zero-order valence-corrected chi connectivity index (χ0v) is 16.8. The SMILES string of the molecule is Cc1ccc(-c2ccccc2[C@H]2[C@@H](CO)N(C(=O)Cc3cccnc3)[C@H]2C#N)cc1. The van der Waals surface area contributed by atoms with E-state index in [9.17, 15) is 15.2 Å². The first-order valence-corrected chi connectivity index (χ1v) is 10.0. The van der Waals surface area contributed by atoms with E-state index in [1.807, 2.05) is 37.3 Å². The number of aliphatic hydroxyl groups is 1. The fourth-order valence-corrected chi connectivity index (χ4v) is 4.28. The van der Waals surface area contributed by atoms with Crippen molar-refractivity contribution in [3.8, 4) is 17.2 Å². The highest BCUT2D eigenvalue weighted by atomic mass is 16.3. The zero-order chi connectivity index (χ0) is 21.1. The van der Waals surface area contributed by atoms with Gasteiger partial charge in [0.15, 0.2) is 0 Å². The van der Waals surface area contributed by atoms with Gasteiger partial charge in [0.25, 0.3) is 0 Å². The average Bonchev–Trinajstić information content (AvgIpc) is 2.75. The Morgan fingerprint density at radius 2 is 1.90 bits per heavy atom. The summed E-state index contributed by atoms with van der Waals surface area (Å²) < 4.78 is 0. The van der Waals surface area contributed by atoms with E-state index in [1.54, 1.807) is 18.5 Å². The molecular formula is C25H23N3O2. The number of aliphatic hydroxyl groups excluding tert-OH is 1. The van der Waals surface area contributed by atoms with Crippen molar-refractivity contribution in [1.82, 2.24) is 9.88 Å². The van der Waals surface area contributed by atoms with Crippen LogP contribution in [0.5, 0.6) is 0 Å². The lowest BCUT2D eigenvalue weighted by molar-refractivity contribution is -0.146. The van der Waals surface area contributed by atoms with Crippen LogP contribution in [0.15, 0.2) is 73.1 Å². The third kappa shape index (κ3) is 3.58. The monoisotopic (exact) mass is 397 g/mol. The summed E-state index contributed by atoms with van der Waals surface area (Å²) >= 11 is 0. The van der Waals surface area contributed by atoms with E-state index in [2.05, 4.69) is 35.3 Å². The number of aromatic nitrogens is 1. The van der Waals surface area contributed by atoms with Crippen LogP contribution in [-0.2, 0) is 11.2 Å². The molecule has 1 amide bonds. The van der Waals surface area contributed by atoms with Crippen LogP contribution in [0.4, 0.5) is 0 Å². The Balaban J connectivity index is 1.65. The third-order valence-electron chi connectivity index (χ3n) is 5.78. The summed E-state index contributed by atoms with van der Waals surface area (Å²) in [6.07, 6.45) is 3.47. The van der Waals surface area contributed by atoms with Gasteiger partial charge in [0.1, 0.15) is 6.04 Å². The van der Waals surface area contributed by atoms with Crippen molar-refractivity contribution < 1.29 is 9.90 Å². The standard InChI is InChI=1S/C25H23N3O2/c1-17-8-10-19(11-9-17)20-6-2-3-7-21(20)25-22(14-26)28(23(25)16-29)24(30)13-18-5-4-12-27-15-18/h2-12,15,22-23,25,29H,13,16H2,1H3/t22-,23+,25+/m0/s1. The number of likely N-dealkylation sites (tertiary alicyclic amines) is 1. The number of nitriles is 1. The summed E-state index contributed by atoms with van der Waals surface area (Å²) in [5.41, 5.74) is 5.04. The molecule has 150 valence electrons. The summed E-state index contributed by atoms with van der Waals surface area (Å²) in [7, 11) is 0. The van der Waals surface area contributed by atoms with Crippen molar-refractivity contribution in [3.63, 3.8) is 0 Å². The van der Waals surface area contributed by atoms with E-state index in [4.69, 9.17) is 0 Å². The van der Waals surface area contributed by atoms with E-state index in [0.29, 0.717) is 0 Å². The molecule has 5 heteroatoms. The minimum Gasteiger partial charge on any atom is -0.394 e. The van der Waals surface area contributed by atoms with Gasteiger partial charge in [-0.25, -0.2) is 0 Å². The van der Waals surface area contributed by atoms with Gasteiger partial charge in [0.05, 0.1) is 25.1 Å². The Bertz CT molecular complexity index is 1070. The Morgan fingerprint density at radius 1 is 1.13 bits per heavy atom. The molecular weight excluding hydrogens is 374 g/mol. The van der Waals surface area contributed by atoms with E-state index >= 15 is 0 Å². The van der Waals surface area contributed by atoms with Gasteiger partial charge in [-0.15, -0.1) is 0 Å². The predicted molar refractivity (Wildman–Crippen MR) is 114 cm³/mol. The molecule has 4 rings (SSSR count). The van der Waals surface area contributed by atoms with E-state index in [1.165, 1.54) is 10.5 Å². The lowest BCUT2D eigenvalue weighted by Crippen LogP contribution is -2.65. The molecule has 3 atom stereocenters. The summed E-state index contributed by atoms with van der Waals surface area (Å²) in [6.45, 7) is 1.85. The molecule has 0 bridgehead atoms. The largest absolute Gasteiger partial charge is 0.394 e. The van der Waals surface area contributed by atoms with Crippen LogP contribution >= 0.6 is 0 Å². The first kappa shape index (κ1) is 19.8. The number of nitrogens with zero attached hydrogens (tertiary/aromatic N) is 3. The van der Waals surface area contributed by atoms with Crippen LogP contribution in [0.1, 0.15) is 22.6 Å². The van der Waals surface area contributed by atoms with Crippen molar-refractivity contribution in [1.29, 1.82) is 5.26 Å². The number of hydrogen-bond donors (Lipinski definition) is 1. The zero-order valence-electron chi connectivity index (χ0n) is 16.8.